The minimum Gasteiger partial charge on any atom is -0.389 e. The van der Waals surface area contributed by atoms with Crippen molar-refractivity contribution in [3.63, 3.8) is 0 Å². The van der Waals surface area contributed by atoms with E-state index in [4.69, 9.17) is 0 Å². The number of aliphatic hydroxyl groups is 1. The number of benzene rings is 1. The average molecular weight is 259 g/mol. The first-order valence-corrected chi connectivity index (χ1v) is 6.07. The topological polar surface area (TPSA) is 67.2 Å². The number of carbonyl (C=O) groups excluding carboxylic acids is 1. The number of amides is 1. The molecule has 1 atom stereocenters. The molecule has 2 aromatic rings. The van der Waals surface area contributed by atoms with Gasteiger partial charge in [0.15, 0.2) is 0 Å². The summed E-state index contributed by atoms with van der Waals surface area (Å²) in [5.41, 5.74) is 2.88. The Bertz CT molecular complexity index is 585. The van der Waals surface area contributed by atoms with Crippen LogP contribution in [0.2, 0.25) is 0 Å². The Morgan fingerprint density at radius 1 is 1.37 bits per heavy atom. The van der Waals surface area contributed by atoms with Gasteiger partial charge in [-0.25, -0.2) is 0 Å². The van der Waals surface area contributed by atoms with E-state index in [0.717, 1.165) is 11.3 Å². The van der Waals surface area contributed by atoms with Gasteiger partial charge < -0.3 is 10.4 Å². The number of carbonyl (C=O) groups is 1. The maximum absolute atomic E-state index is 12.1. The molecule has 0 aliphatic rings. The Labute approximate surface area is 111 Å². The monoisotopic (exact) mass is 259 g/mol. The quantitative estimate of drug-likeness (QED) is 0.886. The molecule has 100 valence electrons. The molecule has 0 saturated heterocycles. The summed E-state index contributed by atoms with van der Waals surface area (Å²) in [6, 6.07) is 7.12. The lowest BCUT2D eigenvalue weighted by Gasteiger charge is -2.07. The number of nitrogens with one attached hydrogen (secondary N) is 1. The second-order valence-electron chi connectivity index (χ2n) is 4.52. The van der Waals surface area contributed by atoms with Crippen molar-refractivity contribution in [2.45, 2.75) is 20.0 Å². The lowest BCUT2D eigenvalue weighted by molar-refractivity contribution is 0.102. The highest BCUT2D eigenvalue weighted by Crippen LogP contribution is 2.16. The fourth-order valence-corrected chi connectivity index (χ4v) is 1.77. The zero-order chi connectivity index (χ0) is 14.0. The van der Waals surface area contributed by atoms with E-state index in [-0.39, 0.29) is 5.91 Å². The number of rotatable bonds is 3. The zero-order valence-corrected chi connectivity index (χ0v) is 11.2. The van der Waals surface area contributed by atoms with Crippen LogP contribution in [-0.2, 0) is 7.05 Å². The summed E-state index contributed by atoms with van der Waals surface area (Å²) < 4.78 is 1.66. The maximum atomic E-state index is 12.1. The molecule has 5 heteroatoms. The zero-order valence-electron chi connectivity index (χ0n) is 11.2. The molecule has 5 nitrogen and oxygen atoms in total. The standard InChI is InChI=1S/C14H17N3O2/c1-9-13(8-15-17(9)3)14(19)16-12-6-4-11(5-7-12)10(2)18/h4-8,10,18H,1-3H3,(H,16,19). The summed E-state index contributed by atoms with van der Waals surface area (Å²) in [7, 11) is 1.80. The molecule has 0 spiro atoms. The van der Waals surface area contributed by atoms with Crippen LogP contribution in [0, 0.1) is 6.92 Å². The third-order valence-electron chi connectivity index (χ3n) is 3.13. The Morgan fingerprint density at radius 2 is 2.00 bits per heavy atom. The molecule has 0 fully saturated rings. The molecule has 1 aromatic heterocycles. The van der Waals surface area contributed by atoms with Crippen molar-refractivity contribution in [2.24, 2.45) is 7.05 Å². The van der Waals surface area contributed by atoms with Gasteiger partial charge in [-0.05, 0) is 31.5 Å². The molecular weight excluding hydrogens is 242 g/mol. The first kappa shape index (κ1) is 13.3. The van der Waals surface area contributed by atoms with Gasteiger partial charge in [-0.2, -0.15) is 5.10 Å². The summed E-state index contributed by atoms with van der Waals surface area (Å²) in [6.07, 6.45) is 1.04. The lowest BCUT2D eigenvalue weighted by atomic mass is 10.1. The fourth-order valence-electron chi connectivity index (χ4n) is 1.77. The van der Waals surface area contributed by atoms with Crippen molar-refractivity contribution in [3.8, 4) is 0 Å². The minimum atomic E-state index is -0.509. The van der Waals surface area contributed by atoms with Gasteiger partial charge in [0.1, 0.15) is 0 Å². The van der Waals surface area contributed by atoms with Crippen LogP contribution in [0.1, 0.15) is 34.6 Å². The second kappa shape index (κ2) is 5.24. The van der Waals surface area contributed by atoms with E-state index < -0.39 is 6.10 Å². The van der Waals surface area contributed by atoms with Gasteiger partial charge in [0, 0.05) is 18.4 Å². The highest BCUT2D eigenvalue weighted by atomic mass is 16.3. The van der Waals surface area contributed by atoms with E-state index >= 15 is 0 Å². The number of aliphatic hydroxyl groups excluding tert-OH is 1. The molecule has 19 heavy (non-hydrogen) atoms. The van der Waals surface area contributed by atoms with Gasteiger partial charge in [-0.1, -0.05) is 12.1 Å². The van der Waals surface area contributed by atoms with E-state index in [1.54, 1.807) is 49.1 Å². The molecule has 1 heterocycles. The van der Waals surface area contributed by atoms with Crippen LogP contribution in [0.4, 0.5) is 5.69 Å². The van der Waals surface area contributed by atoms with E-state index in [9.17, 15) is 9.90 Å². The van der Waals surface area contributed by atoms with Crippen LogP contribution in [-0.4, -0.2) is 20.8 Å². The number of anilines is 1. The molecule has 1 aromatic carbocycles. The van der Waals surface area contributed by atoms with Crippen molar-refractivity contribution in [1.29, 1.82) is 0 Å². The van der Waals surface area contributed by atoms with E-state index in [0.29, 0.717) is 11.3 Å². The molecule has 0 aliphatic heterocycles. The van der Waals surface area contributed by atoms with Crippen LogP contribution in [0.25, 0.3) is 0 Å². The van der Waals surface area contributed by atoms with Gasteiger partial charge in [-0.15, -0.1) is 0 Å². The number of aromatic nitrogens is 2. The Kier molecular flexibility index (Phi) is 3.66. The molecule has 0 bridgehead atoms. The third kappa shape index (κ3) is 2.82. The van der Waals surface area contributed by atoms with Crippen molar-refractivity contribution in [2.75, 3.05) is 5.32 Å². The van der Waals surface area contributed by atoms with Crippen molar-refractivity contribution in [3.05, 3.63) is 47.3 Å². The third-order valence-corrected chi connectivity index (χ3v) is 3.13. The summed E-state index contributed by atoms with van der Waals surface area (Å²) in [5, 5.41) is 16.3. The molecule has 0 aliphatic carbocycles. The van der Waals surface area contributed by atoms with Crippen molar-refractivity contribution in [1.82, 2.24) is 9.78 Å². The summed E-state index contributed by atoms with van der Waals surface area (Å²) in [5.74, 6) is -0.185. The molecule has 0 radical (unpaired) electrons. The van der Waals surface area contributed by atoms with Crippen LogP contribution >= 0.6 is 0 Å². The number of hydrogen-bond acceptors (Lipinski definition) is 3. The predicted molar refractivity (Wildman–Crippen MR) is 73.0 cm³/mol. The molecule has 0 saturated carbocycles. The smallest absolute Gasteiger partial charge is 0.259 e. The summed E-state index contributed by atoms with van der Waals surface area (Å²) in [6.45, 7) is 3.55. The van der Waals surface area contributed by atoms with Gasteiger partial charge >= 0.3 is 0 Å². The minimum absolute atomic E-state index is 0.185. The molecule has 1 amide bonds. The van der Waals surface area contributed by atoms with Crippen LogP contribution in [0.5, 0.6) is 0 Å². The molecule has 2 N–H and O–H groups in total. The molecule has 1 unspecified atom stereocenters. The van der Waals surface area contributed by atoms with E-state index in [1.807, 2.05) is 6.92 Å². The van der Waals surface area contributed by atoms with E-state index in [1.165, 1.54) is 0 Å². The average Bonchev–Trinajstić information content (AvgIpc) is 2.70. The second-order valence-corrected chi connectivity index (χ2v) is 4.52. The fraction of sp³-hybridized carbons (Fsp3) is 0.286. The number of hydrogen-bond donors (Lipinski definition) is 2. The van der Waals surface area contributed by atoms with Gasteiger partial charge in [0.2, 0.25) is 0 Å². The number of aryl methyl sites for hydroxylation is 1. The normalized spacial score (nSPS) is 12.2. The largest absolute Gasteiger partial charge is 0.389 e. The molecular formula is C14H17N3O2. The van der Waals surface area contributed by atoms with Gasteiger partial charge in [-0.3, -0.25) is 9.48 Å². The Morgan fingerprint density at radius 3 is 2.47 bits per heavy atom. The van der Waals surface area contributed by atoms with Gasteiger partial charge in [0.25, 0.3) is 5.91 Å². The van der Waals surface area contributed by atoms with Crippen molar-refractivity contribution >= 4 is 11.6 Å². The predicted octanol–water partition coefficient (Wildman–Crippen LogP) is 2.03. The Balaban J connectivity index is 2.13. The first-order valence-electron chi connectivity index (χ1n) is 6.07. The highest BCUT2D eigenvalue weighted by molar-refractivity contribution is 6.04. The van der Waals surface area contributed by atoms with Crippen LogP contribution in [0.15, 0.2) is 30.5 Å². The SMILES string of the molecule is Cc1c(C(=O)Nc2ccc(C(C)O)cc2)cnn1C. The van der Waals surface area contributed by atoms with Crippen LogP contribution in [0.3, 0.4) is 0 Å². The van der Waals surface area contributed by atoms with Crippen molar-refractivity contribution < 1.29 is 9.90 Å². The van der Waals surface area contributed by atoms with Crippen LogP contribution < -0.4 is 5.32 Å². The first-order chi connectivity index (χ1) is 8.99. The molecule has 2 rings (SSSR count). The Hall–Kier alpha value is -2.14. The number of nitrogens with zero attached hydrogens (tertiary/aromatic N) is 2. The summed E-state index contributed by atoms with van der Waals surface area (Å²) in [4.78, 5) is 12.1. The lowest BCUT2D eigenvalue weighted by Crippen LogP contribution is -2.13. The maximum Gasteiger partial charge on any atom is 0.259 e. The highest BCUT2D eigenvalue weighted by Gasteiger charge is 2.12. The van der Waals surface area contributed by atoms with E-state index in [2.05, 4.69) is 10.4 Å². The van der Waals surface area contributed by atoms with Gasteiger partial charge in [0.05, 0.1) is 17.9 Å². The summed E-state index contributed by atoms with van der Waals surface area (Å²) >= 11 is 0.